The molecule has 0 aliphatic carbocycles. The summed E-state index contributed by atoms with van der Waals surface area (Å²) in [7, 11) is -0.480. The van der Waals surface area contributed by atoms with Gasteiger partial charge in [-0.3, -0.25) is 4.79 Å². The van der Waals surface area contributed by atoms with Crippen LogP contribution in [0.2, 0.25) is 5.02 Å². The van der Waals surface area contributed by atoms with Crippen molar-refractivity contribution >= 4 is 33.2 Å². The lowest BCUT2D eigenvalue weighted by Gasteiger charge is -2.30. The Morgan fingerprint density at radius 3 is 2.44 bits per heavy atom. The molecule has 3 rings (SSSR count). The summed E-state index contributed by atoms with van der Waals surface area (Å²) >= 11 is 5.88. The number of rotatable bonds is 3. The van der Waals surface area contributed by atoms with Crippen molar-refractivity contribution in [3.05, 3.63) is 58.6 Å². The highest BCUT2D eigenvalue weighted by Crippen LogP contribution is 2.31. The number of benzene rings is 2. The Bertz CT molecular complexity index is 908. The van der Waals surface area contributed by atoms with E-state index in [0.717, 1.165) is 24.1 Å². The van der Waals surface area contributed by atoms with E-state index in [4.69, 9.17) is 11.6 Å². The Morgan fingerprint density at radius 1 is 1.12 bits per heavy atom. The van der Waals surface area contributed by atoms with Gasteiger partial charge in [-0.25, -0.2) is 12.7 Å². The zero-order valence-corrected chi connectivity index (χ0v) is 15.6. The quantitative estimate of drug-likeness (QED) is 0.824. The molecule has 0 spiro atoms. The average Bonchev–Trinajstić information content (AvgIpc) is 2.60. The Hall–Kier alpha value is -1.89. The summed E-state index contributed by atoms with van der Waals surface area (Å²) in [6, 6.07) is 11.7. The minimum absolute atomic E-state index is 0.110. The second-order valence-corrected chi connectivity index (χ2v) is 8.73. The first-order valence-electron chi connectivity index (χ1n) is 7.93. The van der Waals surface area contributed by atoms with Gasteiger partial charge in [0.15, 0.2) is 0 Å². The van der Waals surface area contributed by atoms with Gasteiger partial charge in [0.1, 0.15) is 0 Å². The summed E-state index contributed by atoms with van der Waals surface area (Å²) in [5.41, 5.74) is 2.20. The van der Waals surface area contributed by atoms with E-state index in [9.17, 15) is 13.2 Å². The van der Waals surface area contributed by atoms with Crippen molar-refractivity contribution in [3.8, 4) is 0 Å². The fraction of sp³-hybridized carbons (Fsp3) is 0.278. The van der Waals surface area contributed by atoms with E-state index in [1.807, 2.05) is 0 Å². The molecule has 0 fully saturated rings. The number of aryl methyl sites for hydroxylation is 1. The summed E-state index contributed by atoms with van der Waals surface area (Å²) in [5.74, 6) is -0.110. The third-order valence-electron chi connectivity index (χ3n) is 4.28. The van der Waals surface area contributed by atoms with Crippen LogP contribution in [0.25, 0.3) is 0 Å². The Balaban J connectivity index is 1.97. The number of carbonyl (C=O) groups excluding carboxylic acids is 1. The van der Waals surface area contributed by atoms with Gasteiger partial charge in [0.25, 0.3) is 5.91 Å². The van der Waals surface area contributed by atoms with Gasteiger partial charge in [0.2, 0.25) is 10.0 Å². The molecule has 0 radical (unpaired) electrons. The van der Waals surface area contributed by atoms with Gasteiger partial charge in [0.05, 0.1) is 4.90 Å². The number of fused-ring (bicyclic) bond motifs is 1. The van der Waals surface area contributed by atoms with Crippen LogP contribution in [-0.2, 0) is 16.4 Å². The monoisotopic (exact) mass is 378 g/mol. The van der Waals surface area contributed by atoms with Crippen LogP contribution < -0.4 is 4.90 Å². The molecule has 7 heteroatoms. The zero-order chi connectivity index (χ0) is 18.2. The van der Waals surface area contributed by atoms with Crippen molar-refractivity contribution in [1.29, 1.82) is 0 Å². The molecule has 2 aromatic carbocycles. The molecule has 1 amide bonds. The number of sulfonamides is 1. The first-order chi connectivity index (χ1) is 11.8. The third-order valence-corrected chi connectivity index (χ3v) is 6.35. The molecule has 1 aliphatic rings. The van der Waals surface area contributed by atoms with Crippen LogP contribution in [0, 0.1) is 0 Å². The maximum Gasteiger partial charge on any atom is 0.258 e. The van der Waals surface area contributed by atoms with Crippen LogP contribution >= 0.6 is 11.6 Å². The second kappa shape index (κ2) is 6.78. The molecule has 0 bridgehead atoms. The lowest BCUT2D eigenvalue weighted by molar-refractivity contribution is 0.0985. The minimum atomic E-state index is -3.49. The van der Waals surface area contributed by atoms with Crippen molar-refractivity contribution in [1.82, 2.24) is 4.31 Å². The fourth-order valence-corrected chi connectivity index (χ4v) is 3.98. The molecule has 5 nitrogen and oxygen atoms in total. The molecular formula is C18H19ClN2O3S. The summed E-state index contributed by atoms with van der Waals surface area (Å²) in [4.78, 5) is 14.8. The topological polar surface area (TPSA) is 57.7 Å². The second-order valence-electron chi connectivity index (χ2n) is 6.15. The molecule has 0 saturated heterocycles. The van der Waals surface area contributed by atoms with Gasteiger partial charge < -0.3 is 4.90 Å². The van der Waals surface area contributed by atoms with Crippen LogP contribution in [-0.4, -0.2) is 39.3 Å². The van der Waals surface area contributed by atoms with Gasteiger partial charge in [-0.2, -0.15) is 0 Å². The maximum absolute atomic E-state index is 12.8. The first-order valence-corrected chi connectivity index (χ1v) is 9.75. The highest BCUT2D eigenvalue weighted by Gasteiger charge is 2.26. The van der Waals surface area contributed by atoms with Crippen LogP contribution in [0.5, 0.6) is 0 Å². The number of hydrogen-bond acceptors (Lipinski definition) is 3. The molecule has 2 aromatic rings. The number of halogens is 1. The first kappa shape index (κ1) is 17.9. The van der Waals surface area contributed by atoms with Crippen molar-refractivity contribution < 1.29 is 13.2 Å². The van der Waals surface area contributed by atoms with E-state index in [1.165, 1.54) is 18.4 Å². The predicted octanol–water partition coefficient (Wildman–Crippen LogP) is 3.18. The lowest BCUT2D eigenvalue weighted by Crippen LogP contribution is -2.35. The summed E-state index contributed by atoms with van der Waals surface area (Å²) in [6.45, 7) is 0.605. The molecule has 1 aliphatic heterocycles. The Kier molecular flexibility index (Phi) is 4.86. The molecule has 25 heavy (non-hydrogen) atoms. The van der Waals surface area contributed by atoms with Crippen LogP contribution in [0.3, 0.4) is 0 Å². The Labute approximate surface area is 152 Å². The fourth-order valence-electron chi connectivity index (χ4n) is 2.90. The van der Waals surface area contributed by atoms with Gasteiger partial charge in [0, 0.05) is 36.9 Å². The third kappa shape index (κ3) is 3.42. The zero-order valence-electron chi connectivity index (χ0n) is 14.1. The predicted molar refractivity (Wildman–Crippen MR) is 98.8 cm³/mol. The molecular weight excluding hydrogens is 360 g/mol. The highest BCUT2D eigenvalue weighted by molar-refractivity contribution is 7.89. The molecule has 0 aromatic heterocycles. The summed E-state index contributed by atoms with van der Waals surface area (Å²) < 4.78 is 25.8. The van der Waals surface area contributed by atoms with E-state index < -0.39 is 10.0 Å². The number of carbonyl (C=O) groups is 1. The number of hydrogen-bond donors (Lipinski definition) is 0. The number of nitrogens with zero attached hydrogens (tertiary/aromatic N) is 2. The summed E-state index contributed by atoms with van der Waals surface area (Å²) in [6.07, 6.45) is 1.54. The smallest absolute Gasteiger partial charge is 0.258 e. The number of amides is 1. The van der Waals surface area contributed by atoms with Crippen molar-refractivity contribution in [3.63, 3.8) is 0 Å². The molecule has 0 unspecified atom stereocenters. The SMILES string of the molecule is CN(C)S(=O)(=O)c1ccc2c(c1)CCCN2C(=O)c1ccc(Cl)cc1. The van der Waals surface area contributed by atoms with Gasteiger partial charge >= 0.3 is 0 Å². The van der Waals surface area contributed by atoms with Gasteiger partial charge in [-0.15, -0.1) is 0 Å². The molecule has 0 N–H and O–H groups in total. The van der Waals surface area contributed by atoms with E-state index >= 15 is 0 Å². The molecule has 0 saturated carbocycles. The molecule has 0 atom stereocenters. The Morgan fingerprint density at radius 2 is 1.80 bits per heavy atom. The normalized spacial score (nSPS) is 14.5. The molecule has 1 heterocycles. The highest BCUT2D eigenvalue weighted by atomic mass is 35.5. The van der Waals surface area contributed by atoms with Crippen molar-refractivity contribution in [2.45, 2.75) is 17.7 Å². The minimum Gasteiger partial charge on any atom is -0.308 e. The van der Waals surface area contributed by atoms with Crippen LogP contribution in [0.1, 0.15) is 22.3 Å². The largest absolute Gasteiger partial charge is 0.308 e. The van der Waals surface area contributed by atoms with Gasteiger partial charge in [-0.05, 0) is 60.9 Å². The van der Waals surface area contributed by atoms with E-state index in [1.54, 1.807) is 47.4 Å². The van der Waals surface area contributed by atoms with Crippen LogP contribution in [0.4, 0.5) is 5.69 Å². The number of anilines is 1. The van der Waals surface area contributed by atoms with Crippen LogP contribution in [0.15, 0.2) is 47.4 Å². The van der Waals surface area contributed by atoms with Crippen molar-refractivity contribution in [2.24, 2.45) is 0 Å². The summed E-state index contributed by atoms with van der Waals surface area (Å²) in [5, 5.41) is 0.578. The van der Waals surface area contributed by atoms with Gasteiger partial charge in [-0.1, -0.05) is 11.6 Å². The van der Waals surface area contributed by atoms with E-state index in [2.05, 4.69) is 0 Å². The molecule has 132 valence electrons. The van der Waals surface area contributed by atoms with Crippen molar-refractivity contribution in [2.75, 3.05) is 25.5 Å². The average molecular weight is 379 g/mol. The lowest BCUT2D eigenvalue weighted by atomic mass is 10.0. The standard InChI is InChI=1S/C18H19ClN2O3S/c1-20(2)25(23,24)16-9-10-17-14(12-16)4-3-11-21(17)18(22)13-5-7-15(19)8-6-13/h5-10,12H,3-4,11H2,1-2H3. The van der Waals surface area contributed by atoms with E-state index in [-0.39, 0.29) is 10.8 Å². The maximum atomic E-state index is 12.8. The van der Waals surface area contributed by atoms with E-state index in [0.29, 0.717) is 17.1 Å².